The molecule has 1 aromatic heterocycles. The van der Waals surface area contributed by atoms with Crippen LogP contribution >= 0.6 is 34.5 Å². The normalized spacial score (nSPS) is 16.7. The molecule has 0 radical (unpaired) electrons. The average Bonchev–Trinajstić information content (AvgIpc) is 3.41. The largest absolute Gasteiger partial charge is 0.507 e. The highest BCUT2D eigenvalue weighted by atomic mass is 35.5. The minimum absolute atomic E-state index is 0.0942. The van der Waals surface area contributed by atoms with Gasteiger partial charge in [-0.25, -0.2) is 9.78 Å². The molecule has 0 bridgehead atoms. The fourth-order valence-electron chi connectivity index (χ4n) is 4.02. The van der Waals surface area contributed by atoms with Crippen LogP contribution in [0, 0.1) is 6.92 Å². The number of unbranched alkanes of at least 4 members (excludes halogenated alkanes) is 1. The van der Waals surface area contributed by atoms with Crippen LogP contribution in [-0.4, -0.2) is 41.5 Å². The first-order valence-corrected chi connectivity index (χ1v) is 13.3. The highest BCUT2D eigenvalue weighted by Gasteiger charge is 2.48. The third-order valence-corrected chi connectivity index (χ3v) is 7.82. The zero-order valence-electron chi connectivity index (χ0n) is 20.8. The van der Waals surface area contributed by atoms with Gasteiger partial charge in [0.2, 0.25) is 0 Å². The average molecular weight is 575 g/mol. The Labute approximate surface area is 233 Å². The fraction of sp³-hybridized carbons (Fsp3) is 0.259. The van der Waals surface area contributed by atoms with E-state index in [2.05, 4.69) is 4.98 Å². The Morgan fingerprint density at radius 2 is 1.92 bits per heavy atom. The molecule has 8 nitrogen and oxygen atoms in total. The van der Waals surface area contributed by atoms with Gasteiger partial charge in [0.15, 0.2) is 5.13 Å². The first-order valence-electron chi connectivity index (χ1n) is 11.7. The van der Waals surface area contributed by atoms with Crippen LogP contribution in [0.5, 0.6) is 5.75 Å². The second kappa shape index (κ2) is 11.6. The number of hydrogen-bond donors (Lipinski definition) is 1. The number of carbonyl (C=O) groups is 3. The Morgan fingerprint density at radius 1 is 1.16 bits per heavy atom. The van der Waals surface area contributed by atoms with Crippen molar-refractivity contribution < 1.29 is 29.0 Å². The van der Waals surface area contributed by atoms with Gasteiger partial charge in [-0.15, -0.1) is 0 Å². The maximum atomic E-state index is 13.4. The SMILES string of the molecule is CCCCOc1cccc(/C(O)=C2\C(=O)C(=O)N(c3nc(C)c(C(=O)OC)s3)C2c2ccc(Cl)c(Cl)c2)c1. The Kier molecular flexibility index (Phi) is 8.40. The van der Waals surface area contributed by atoms with Crippen LogP contribution < -0.4 is 9.64 Å². The van der Waals surface area contributed by atoms with Crippen molar-refractivity contribution in [2.75, 3.05) is 18.6 Å². The van der Waals surface area contributed by atoms with Crippen molar-refractivity contribution in [3.8, 4) is 5.75 Å². The molecule has 11 heteroatoms. The van der Waals surface area contributed by atoms with E-state index in [9.17, 15) is 19.5 Å². The highest BCUT2D eigenvalue weighted by molar-refractivity contribution is 7.17. The molecule has 1 atom stereocenters. The number of aliphatic hydroxyl groups excluding tert-OH is 1. The molecular weight excluding hydrogens is 551 g/mol. The summed E-state index contributed by atoms with van der Waals surface area (Å²) in [7, 11) is 1.24. The standard InChI is InChI=1S/C27H24Cl2N2O6S/c1-4-5-11-37-17-8-6-7-16(12-17)22(32)20-21(15-9-10-18(28)19(29)13-15)31(25(34)23(20)33)27-30-14(2)24(38-27)26(35)36-3/h6-10,12-13,21,32H,4-5,11H2,1-3H3/b22-20+. The van der Waals surface area contributed by atoms with Crippen LogP contribution in [-0.2, 0) is 14.3 Å². The molecule has 38 heavy (non-hydrogen) atoms. The zero-order valence-corrected chi connectivity index (χ0v) is 23.1. The van der Waals surface area contributed by atoms with Crippen molar-refractivity contribution in [3.63, 3.8) is 0 Å². The van der Waals surface area contributed by atoms with Crippen LogP contribution in [0.3, 0.4) is 0 Å². The number of ketones is 1. The molecule has 0 aliphatic carbocycles. The van der Waals surface area contributed by atoms with Gasteiger partial charge in [-0.3, -0.25) is 14.5 Å². The van der Waals surface area contributed by atoms with Crippen molar-refractivity contribution in [2.24, 2.45) is 0 Å². The van der Waals surface area contributed by atoms with E-state index in [1.54, 1.807) is 37.3 Å². The van der Waals surface area contributed by atoms with E-state index in [1.807, 2.05) is 6.92 Å². The van der Waals surface area contributed by atoms with Gasteiger partial charge in [-0.1, -0.05) is 66.1 Å². The lowest BCUT2D eigenvalue weighted by Crippen LogP contribution is -2.29. The van der Waals surface area contributed by atoms with E-state index in [1.165, 1.54) is 19.2 Å². The summed E-state index contributed by atoms with van der Waals surface area (Å²) in [5.41, 5.74) is 0.894. The molecule has 0 saturated carbocycles. The van der Waals surface area contributed by atoms with E-state index in [4.69, 9.17) is 32.7 Å². The molecule has 1 amide bonds. The van der Waals surface area contributed by atoms with E-state index in [0.29, 0.717) is 29.2 Å². The summed E-state index contributed by atoms with van der Waals surface area (Å²) in [4.78, 5) is 44.7. The number of methoxy groups -OCH3 is 1. The molecule has 1 aliphatic heterocycles. The summed E-state index contributed by atoms with van der Waals surface area (Å²) in [6.07, 6.45) is 1.82. The van der Waals surface area contributed by atoms with E-state index in [0.717, 1.165) is 29.1 Å². The zero-order chi connectivity index (χ0) is 27.6. The number of ether oxygens (including phenoxy) is 2. The number of anilines is 1. The first kappa shape index (κ1) is 27.6. The summed E-state index contributed by atoms with van der Waals surface area (Å²) in [5.74, 6) is -2.31. The molecule has 0 spiro atoms. The number of hydrogen-bond acceptors (Lipinski definition) is 8. The maximum absolute atomic E-state index is 13.4. The first-order chi connectivity index (χ1) is 18.2. The smallest absolute Gasteiger partial charge is 0.350 e. The number of rotatable bonds is 8. The molecular formula is C27H24Cl2N2O6S. The van der Waals surface area contributed by atoms with E-state index in [-0.39, 0.29) is 31.4 Å². The molecule has 4 rings (SSSR count). The Bertz CT molecular complexity index is 1450. The molecule has 3 aromatic rings. The van der Waals surface area contributed by atoms with Gasteiger partial charge in [-0.05, 0) is 43.2 Å². The van der Waals surface area contributed by atoms with Crippen molar-refractivity contribution in [1.29, 1.82) is 0 Å². The van der Waals surface area contributed by atoms with Crippen LogP contribution in [0.2, 0.25) is 10.0 Å². The van der Waals surface area contributed by atoms with E-state index >= 15 is 0 Å². The lowest BCUT2D eigenvalue weighted by molar-refractivity contribution is -0.132. The molecule has 198 valence electrons. The lowest BCUT2D eigenvalue weighted by atomic mass is 9.95. The predicted octanol–water partition coefficient (Wildman–Crippen LogP) is 6.35. The van der Waals surface area contributed by atoms with Crippen LogP contribution in [0.25, 0.3) is 5.76 Å². The van der Waals surface area contributed by atoms with Crippen LogP contribution in [0.15, 0.2) is 48.0 Å². The lowest BCUT2D eigenvalue weighted by Gasteiger charge is -2.23. The third kappa shape index (κ3) is 5.27. The van der Waals surface area contributed by atoms with Crippen LogP contribution in [0.1, 0.15) is 52.3 Å². The molecule has 1 unspecified atom stereocenters. The summed E-state index contributed by atoms with van der Waals surface area (Å²) >= 11 is 13.3. The Balaban J connectivity index is 1.88. The Morgan fingerprint density at radius 3 is 2.61 bits per heavy atom. The summed E-state index contributed by atoms with van der Waals surface area (Å²) in [6, 6.07) is 10.2. The second-order valence-electron chi connectivity index (χ2n) is 8.48. The minimum atomic E-state index is -1.09. The summed E-state index contributed by atoms with van der Waals surface area (Å²) < 4.78 is 10.6. The van der Waals surface area contributed by atoms with Gasteiger partial charge in [0.25, 0.3) is 5.78 Å². The molecule has 1 saturated heterocycles. The van der Waals surface area contributed by atoms with Gasteiger partial charge in [0.05, 0.1) is 41.1 Å². The minimum Gasteiger partial charge on any atom is -0.507 e. The highest BCUT2D eigenvalue weighted by Crippen LogP contribution is 2.45. The van der Waals surface area contributed by atoms with Crippen LogP contribution in [0.4, 0.5) is 5.13 Å². The summed E-state index contributed by atoms with van der Waals surface area (Å²) in [5, 5.41) is 12.0. The molecule has 2 heterocycles. The van der Waals surface area contributed by atoms with Gasteiger partial charge >= 0.3 is 11.9 Å². The molecule has 1 aliphatic rings. The number of amides is 1. The fourth-order valence-corrected chi connectivity index (χ4v) is 5.34. The second-order valence-corrected chi connectivity index (χ2v) is 10.3. The predicted molar refractivity (Wildman–Crippen MR) is 146 cm³/mol. The van der Waals surface area contributed by atoms with Crippen molar-refractivity contribution in [2.45, 2.75) is 32.7 Å². The number of halogens is 2. The summed E-state index contributed by atoms with van der Waals surface area (Å²) in [6.45, 7) is 4.15. The number of thiazole rings is 1. The number of nitrogens with zero attached hydrogens (tertiary/aromatic N) is 2. The number of Topliss-reactive ketones (excluding diaryl/α,β-unsaturated/α-hetero) is 1. The van der Waals surface area contributed by atoms with E-state index < -0.39 is 23.7 Å². The Hall–Kier alpha value is -3.40. The van der Waals surface area contributed by atoms with Crippen molar-refractivity contribution >= 4 is 63.1 Å². The molecule has 1 N–H and O–H groups in total. The monoisotopic (exact) mass is 574 g/mol. The topological polar surface area (TPSA) is 106 Å². The number of carbonyl (C=O) groups excluding carboxylic acids is 3. The number of aryl methyl sites for hydroxylation is 1. The quantitative estimate of drug-likeness (QED) is 0.110. The maximum Gasteiger partial charge on any atom is 0.350 e. The van der Waals surface area contributed by atoms with Crippen molar-refractivity contribution in [1.82, 2.24) is 4.98 Å². The number of esters is 1. The van der Waals surface area contributed by atoms with Crippen molar-refractivity contribution in [3.05, 3.63) is 79.8 Å². The number of benzene rings is 2. The number of aliphatic hydroxyl groups is 1. The van der Waals surface area contributed by atoms with Gasteiger partial charge < -0.3 is 14.6 Å². The van der Waals surface area contributed by atoms with Gasteiger partial charge in [-0.2, -0.15) is 0 Å². The molecule has 2 aromatic carbocycles. The number of aromatic nitrogens is 1. The van der Waals surface area contributed by atoms with Gasteiger partial charge in [0, 0.05) is 5.56 Å². The van der Waals surface area contributed by atoms with Gasteiger partial charge in [0.1, 0.15) is 16.4 Å². The third-order valence-electron chi connectivity index (χ3n) is 5.94. The molecule has 1 fully saturated rings.